The number of ether oxygens (including phenoxy) is 1. The minimum atomic E-state index is -0.242. The third-order valence-corrected chi connectivity index (χ3v) is 3.00. The molecule has 2 aromatic carbocycles. The SMILES string of the molecule is COc1ccccc1-c1cc2cccc(F)c2[nH]1. The third-order valence-electron chi connectivity index (χ3n) is 3.00. The second kappa shape index (κ2) is 4.18. The van der Waals surface area contributed by atoms with Crippen LogP contribution in [-0.4, -0.2) is 12.1 Å². The molecule has 0 spiro atoms. The molecule has 0 bridgehead atoms. The highest BCUT2D eigenvalue weighted by Crippen LogP contribution is 2.31. The Hall–Kier alpha value is -2.29. The number of methoxy groups -OCH3 is 1. The minimum absolute atomic E-state index is 0.242. The molecule has 0 radical (unpaired) electrons. The fourth-order valence-electron chi connectivity index (χ4n) is 2.13. The normalized spacial score (nSPS) is 10.8. The molecule has 0 aliphatic rings. The lowest BCUT2D eigenvalue weighted by atomic mass is 10.1. The molecule has 0 saturated heterocycles. The van der Waals surface area contributed by atoms with E-state index in [-0.39, 0.29) is 5.82 Å². The maximum absolute atomic E-state index is 13.6. The molecule has 2 nitrogen and oxygen atoms in total. The first kappa shape index (κ1) is 10.8. The van der Waals surface area contributed by atoms with Gasteiger partial charge in [0.25, 0.3) is 0 Å². The van der Waals surface area contributed by atoms with Crippen LogP contribution in [-0.2, 0) is 0 Å². The predicted octanol–water partition coefficient (Wildman–Crippen LogP) is 3.98. The van der Waals surface area contributed by atoms with E-state index in [0.29, 0.717) is 5.52 Å². The van der Waals surface area contributed by atoms with Crippen LogP contribution in [0, 0.1) is 5.82 Å². The van der Waals surface area contributed by atoms with Gasteiger partial charge >= 0.3 is 0 Å². The van der Waals surface area contributed by atoms with Crippen molar-refractivity contribution in [2.24, 2.45) is 0 Å². The van der Waals surface area contributed by atoms with Crippen LogP contribution < -0.4 is 4.74 Å². The molecule has 3 aromatic rings. The van der Waals surface area contributed by atoms with E-state index in [1.807, 2.05) is 36.4 Å². The molecular weight excluding hydrogens is 229 g/mol. The lowest BCUT2D eigenvalue weighted by Gasteiger charge is -2.05. The molecule has 1 heterocycles. The number of aromatic nitrogens is 1. The number of halogens is 1. The molecule has 1 aromatic heterocycles. The minimum Gasteiger partial charge on any atom is -0.496 e. The third kappa shape index (κ3) is 1.64. The Kier molecular flexibility index (Phi) is 2.52. The van der Waals surface area contributed by atoms with Crippen LogP contribution in [0.2, 0.25) is 0 Å². The molecule has 0 unspecified atom stereocenters. The van der Waals surface area contributed by atoms with E-state index in [9.17, 15) is 4.39 Å². The summed E-state index contributed by atoms with van der Waals surface area (Å²) in [7, 11) is 1.63. The summed E-state index contributed by atoms with van der Waals surface area (Å²) in [6, 6.07) is 14.6. The van der Waals surface area contributed by atoms with E-state index in [1.165, 1.54) is 6.07 Å². The average Bonchev–Trinajstić information content (AvgIpc) is 2.84. The quantitative estimate of drug-likeness (QED) is 0.721. The predicted molar refractivity (Wildman–Crippen MR) is 70.2 cm³/mol. The van der Waals surface area contributed by atoms with E-state index in [1.54, 1.807) is 13.2 Å². The number of hydrogen-bond acceptors (Lipinski definition) is 1. The van der Waals surface area contributed by atoms with E-state index in [4.69, 9.17) is 4.74 Å². The molecule has 0 fully saturated rings. The van der Waals surface area contributed by atoms with Crippen molar-refractivity contribution in [2.75, 3.05) is 7.11 Å². The smallest absolute Gasteiger partial charge is 0.147 e. The molecule has 0 atom stereocenters. The maximum Gasteiger partial charge on any atom is 0.147 e. The molecule has 1 N–H and O–H groups in total. The Bertz CT molecular complexity index is 703. The fraction of sp³-hybridized carbons (Fsp3) is 0.0667. The van der Waals surface area contributed by atoms with Crippen molar-refractivity contribution in [1.29, 1.82) is 0 Å². The first-order chi connectivity index (χ1) is 8.79. The topological polar surface area (TPSA) is 25.0 Å². The fourth-order valence-corrected chi connectivity index (χ4v) is 2.13. The summed E-state index contributed by atoms with van der Waals surface area (Å²) in [5.74, 6) is 0.526. The number of rotatable bonds is 2. The Balaban J connectivity index is 2.23. The zero-order chi connectivity index (χ0) is 12.5. The number of benzene rings is 2. The standard InChI is InChI=1S/C15H12FNO/c1-18-14-8-3-2-6-11(14)13-9-10-5-4-7-12(16)15(10)17-13/h2-9,17H,1H3. The van der Waals surface area contributed by atoms with Crippen LogP contribution in [0.25, 0.3) is 22.2 Å². The van der Waals surface area contributed by atoms with Crippen molar-refractivity contribution in [3.63, 3.8) is 0 Å². The van der Waals surface area contributed by atoms with Crippen molar-refractivity contribution in [2.45, 2.75) is 0 Å². The number of fused-ring (bicyclic) bond motifs is 1. The second-order valence-electron chi connectivity index (χ2n) is 4.09. The zero-order valence-electron chi connectivity index (χ0n) is 9.91. The van der Waals surface area contributed by atoms with Gasteiger partial charge in [0.05, 0.1) is 18.3 Å². The molecule has 0 saturated carbocycles. The summed E-state index contributed by atoms with van der Waals surface area (Å²) in [5, 5.41) is 0.857. The van der Waals surface area contributed by atoms with Gasteiger partial charge in [0.2, 0.25) is 0 Å². The van der Waals surface area contributed by atoms with Crippen LogP contribution in [0.15, 0.2) is 48.5 Å². The van der Waals surface area contributed by atoms with Crippen molar-refractivity contribution >= 4 is 10.9 Å². The molecule has 90 valence electrons. The Morgan fingerprint density at radius 3 is 2.67 bits per heavy atom. The van der Waals surface area contributed by atoms with Gasteiger partial charge in [0, 0.05) is 10.9 Å². The van der Waals surface area contributed by atoms with Gasteiger partial charge in [0.15, 0.2) is 0 Å². The Morgan fingerprint density at radius 1 is 1.06 bits per heavy atom. The summed E-state index contributed by atoms with van der Waals surface area (Å²) in [4.78, 5) is 3.10. The molecule has 0 aliphatic heterocycles. The van der Waals surface area contributed by atoms with Crippen molar-refractivity contribution in [3.05, 3.63) is 54.3 Å². The highest BCUT2D eigenvalue weighted by molar-refractivity contribution is 5.87. The summed E-state index contributed by atoms with van der Waals surface area (Å²) in [6.45, 7) is 0. The van der Waals surface area contributed by atoms with Gasteiger partial charge in [0.1, 0.15) is 11.6 Å². The summed E-state index contributed by atoms with van der Waals surface area (Å²) < 4.78 is 18.9. The van der Waals surface area contributed by atoms with Gasteiger partial charge in [-0.2, -0.15) is 0 Å². The van der Waals surface area contributed by atoms with Crippen molar-refractivity contribution in [3.8, 4) is 17.0 Å². The van der Waals surface area contributed by atoms with Crippen molar-refractivity contribution in [1.82, 2.24) is 4.98 Å². The Labute approximate surface area is 104 Å². The van der Waals surface area contributed by atoms with E-state index >= 15 is 0 Å². The first-order valence-electron chi connectivity index (χ1n) is 5.70. The monoisotopic (exact) mass is 241 g/mol. The maximum atomic E-state index is 13.6. The van der Waals surface area contributed by atoms with Crippen molar-refractivity contribution < 1.29 is 9.13 Å². The number of hydrogen-bond donors (Lipinski definition) is 1. The number of nitrogens with one attached hydrogen (secondary N) is 1. The van der Waals surface area contributed by atoms with Gasteiger partial charge in [-0.25, -0.2) is 4.39 Å². The summed E-state index contributed by atoms with van der Waals surface area (Å²) >= 11 is 0. The lowest BCUT2D eigenvalue weighted by Crippen LogP contribution is -1.87. The molecule has 0 amide bonds. The van der Waals surface area contributed by atoms with Crippen LogP contribution in [0.1, 0.15) is 0 Å². The number of H-pyrrole nitrogens is 1. The molecule has 3 rings (SSSR count). The molecular formula is C15H12FNO. The summed E-state index contributed by atoms with van der Waals surface area (Å²) in [6.07, 6.45) is 0. The first-order valence-corrected chi connectivity index (χ1v) is 5.70. The van der Waals surface area contributed by atoms with Gasteiger partial charge < -0.3 is 9.72 Å². The molecule has 3 heteroatoms. The largest absolute Gasteiger partial charge is 0.496 e. The van der Waals surface area contributed by atoms with Gasteiger partial charge in [-0.1, -0.05) is 24.3 Å². The van der Waals surface area contributed by atoms with Gasteiger partial charge in [-0.15, -0.1) is 0 Å². The second-order valence-corrected chi connectivity index (χ2v) is 4.09. The molecule has 0 aliphatic carbocycles. The summed E-state index contributed by atoms with van der Waals surface area (Å²) in [5.41, 5.74) is 2.31. The lowest BCUT2D eigenvalue weighted by molar-refractivity contribution is 0.416. The highest BCUT2D eigenvalue weighted by atomic mass is 19.1. The van der Waals surface area contributed by atoms with Crippen LogP contribution in [0.3, 0.4) is 0 Å². The van der Waals surface area contributed by atoms with Gasteiger partial charge in [-0.3, -0.25) is 0 Å². The van der Waals surface area contributed by atoms with Crippen LogP contribution in [0.4, 0.5) is 4.39 Å². The number of para-hydroxylation sites is 2. The van der Waals surface area contributed by atoms with E-state index in [0.717, 1.165) is 22.4 Å². The molecule has 18 heavy (non-hydrogen) atoms. The number of aromatic amines is 1. The van der Waals surface area contributed by atoms with Gasteiger partial charge in [-0.05, 0) is 24.3 Å². The Morgan fingerprint density at radius 2 is 1.89 bits per heavy atom. The van der Waals surface area contributed by atoms with Crippen LogP contribution >= 0.6 is 0 Å². The van der Waals surface area contributed by atoms with E-state index < -0.39 is 0 Å². The highest BCUT2D eigenvalue weighted by Gasteiger charge is 2.09. The van der Waals surface area contributed by atoms with E-state index in [2.05, 4.69) is 4.98 Å². The van der Waals surface area contributed by atoms with Crippen LogP contribution in [0.5, 0.6) is 5.75 Å². The average molecular weight is 241 g/mol. The zero-order valence-corrected chi connectivity index (χ0v) is 9.91.